The molecule has 92 valence electrons. The number of aliphatic hydroxyl groups excluding tert-OH is 1. The molecule has 1 unspecified atom stereocenters. The first-order chi connectivity index (χ1) is 8.18. The quantitative estimate of drug-likeness (QED) is 0.870. The molecule has 2 aromatic rings. The van der Waals surface area contributed by atoms with Gasteiger partial charge in [-0.2, -0.15) is 0 Å². The Labute approximate surface area is 101 Å². The SMILES string of the molecule is CC.Cn1cncc1C(O)c1cccc(F)c1. The van der Waals surface area contributed by atoms with Crippen LogP contribution < -0.4 is 0 Å². The molecule has 1 aromatic heterocycles. The number of aliphatic hydroxyl groups is 1. The molecule has 0 aliphatic carbocycles. The van der Waals surface area contributed by atoms with Crippen molar-refractivity contribution in [1.82, 2.24) is 9.55 Å². The fourth-order valence-corrected chi connectivity index (χ4v) is 1.48. The van der Waals surface area contributed by atoms with E-state index in [9.17, 15) is 9.50 Å². The lowest BCUT2D eigenvalue weighted by molar-refractivity contribution is 0.211. The molecule has 0 spiro atoms. The number of imidazole rings is 1. The molecule has 1 heterocycles. The second-order valence-corrected chi connectivity index (χ2v) is 3.39. The van der Waals surface area contributed by atoms with Crippen LogP contribution in [0.25, 0.3) is 0 Å². The van der Waals surface area contributed by atoms with Gasteiger partial charge in [0.2, 0.25) is 0 Å². The lowest BCUT2D eigenvalue weighted by Crippen LogP contribution is -2.05. The van der Waals surface area contributed by atoms with Crippen LogP contribution in [0.5, 0.6) is 0 Å². The molecule has 0 aliphatic heterocycles. The van der Waals surface area contributed by atoms with Crippen molar-refractivity contribution in [3.63, 3.8) is 0 Å². The highest BCUT2D eigenvalue weighted by molar-refractivity contribution is 5.25. The largest absolute Gasteiger partial charge is 0.382 e. The molecule has 1 atom stereocenters. The molecule has 0 saturated heterocycles. The van der Waals surface area contributed by atoms with Gasteiger partial charge in [0.25, 0.3) is 0 Å². The van der Waals surface area contributed by atoms with E-state index in [1.807, 2.05) is 13.8 Å². The van der Waals surface area contributed by atoms with Crippen molar-refractivity contribution < 1.29 is 9.50 Å². The second-order valence-electron chi connectivity index (χ2n) is 3.39. The van der Waals surface area contributed by atoms with Crippen molar-refractivity contribution in [1.29, 1.82) is 0 Å². The summed E-state index contributed by atoms with van der Waals surface area (Å²) in [6.07, 6.45) is 2.32. The van der Waals surface area contributed by atoms with Gasteiger partial charge in [-0.05, 0) is 17.7 Å². The van der Waals surface area contributed by atoms with E-state index in [1.54, 1.807) is 36.3 Å². The van der Waals surface area contributed by atoms with Crippen LogP contribution in [-0.2, 0) is 7.05 Å². The monoisotopic (exact) mass is 236 g/mol. The number of rotatable bonds is 2. The maximum atomic E-state index is 12.9. The summed E-state index contributed by atoms with van der Waals surface area (Å²) in [5.41, 5.74) is 1.17. The minimum Gasteiger partial charge on any atom is -0.382 e. The van der Waals surface area contributed by atoms with Gasteiger partial charge in [0.05, 0.1) is 18.2 Å². The van der Waals surface area contributed by atoms with E-state index in [0.29, 0.717) is 11.3 Å². The molecule has 0 amide bonds. The van der Waals surface area contributed by atoms with Crippen molar-refractivity contribution >= 4 is 0 Å². The molecule has 17 heavy (non-hydrogen) atoms. The highest BCUT2D eigenvalue weighted by Gasteiger charge is 2.13. The minimum absolute atomic E-state index is 0.353. The Balaban J connectivity index is 0.000000686. The van der Waals surface area contributed by atoms with Crippen LogP contribution in [0.2, 0.25) is 0 Å². The standard InChI is InChI=1S/C11H11FN2O.C2H6/c1-14-7-13-6-10(14)11(15)8-3-2-4-9(12)5-8;1-2/h2-7,11,15H,1H3;1-2H3. The van der Waals surface area contributed by atoms with Gasteiger partial charge in [-0.1, -0.05) is 26.0 Å². The minimum atomic E-state index is -0.840. The lowest BCUT2D eigenvalue weighted by Gasteiger charge is -2.11. The second kappa shape index (κ2) is 6.15. The summed E-state index contributed by atoms with van der Waals surface area (Å²) < 4.78 is 14.6. The van der Waals surface area contributed by atoms with Crippen molar-refractivity contribution in [2.45, 2.75) is 20.0 Å². The molecule has 0 saturated carbocycles. The number of aromatic nitrogens is 2. The van der Waals surface area contributed by atoms with Crippen LogP contribution in [-0.4, -0.2) is 14.7 Å². The van der Waals surface area contributed by atoms with Gasteiger partial charge < -0.3 is 9.67 Å². The Morgan fingerprint density at radius 2 is 2.06 bits per heavy atom. The predicted octanol–water partition coefficient (Wildman–Crippen LogP) is 2.67. The average Bonchev–Trinajstić information content (AvgIpc) is 2.77. The van der Waals surface area contributed by atoms with E-state index in [-0.39, 0.29) is 5.82 Å². The zero-order valence-corrected chi connectivity index (χ0v) is 10.3. The Bertz CT molecular complexity index is 468. The number of hydrogen-bond donors (Lipinski definition) is 1. The van der Waals surface area contributed by atoms with E-state index in [2.05, 4.69) is 4.98 Å². The van der Waals surface area contributed by atoms with E-state index >= 15 is 0 Å². The molecule has 1 N–H and O–H groups in total. The van der Waals surface area contributed by atoms with Crippen LogP contribution in [0.4, 0.5) is 4.39 Å². The van der Waals surface area contributed by atoms with E-state index in [0.717, 1.165) is 0 Å². The first kappa shape index (κ1) is 13.4. The van der Waals surface area contributed by atoms with Crippen molar-refractivity contribution in [2.75, 3.05) is 0 Å². The zero-order valence-electron chi connectivity index (χ0n) is 10.3. The number of halogens is 1. The Morgan fingerprint density at radius 3 is 2.59 bits per heavy atom. The summed E-state index contributed by atoms with van der Waals surface area (Å²) in [5, 5.41) is 9.96. The Kier molecular flexibility index (Phi) is 4.84. The van der Waals surface area contributed by atoms with E-state index in [4.69, 9.17) is 0 Å². The molecule has 0 aliphatic rings. The highest BCUT2D eigenvalue weighted by atomic mass is 19.1. The molecule has 4 heteroatoms. The first-order valence-corrected chi connectivity index (χ1v) is 5.58. The third kappa shape index (κ3) is 3.14. The Morgan fingerprint density at radius 1 is 1.35 bits per heavy atom. The number of benzene rings is 1. The van der Waals surface area contributed by atoms with Crippen LogP contribution >= 0.6 is 0 Å². The van der Waals surface area contributed by atoms with E-state index in [1.165, 1.54) is 12.1 Å². The first-order valence-electron chi connectivity index (χ1n) is 5.58. The van der Waals surface area contributed by atoms with Crippen LogP contribution in [0.3, 0.4) is 0 Å². The summed E-state index contributed by atoms with van der Waals surface area (Å²) in [6, 6.07) is 5.92. The van der Waals surface area contributed by atoms with Gasteiger partial charge in [0.1, 0.15) is 11.9 Å². The topological polar surface area (TPSA) is 38.0 Å². The lowest BCUT2D eigenvalue weighted by atomic mass is 10.1. The highest BCUT2D eigenvalue weighted by Crippen LogP contribution is 2.21. The fourth-order valence-electron chi connectivity index (χ4n) is 1.48. The molecule has 1 aromatic carbocycles. The molecule has 0 radical (unpaired) electrons. The van der Waals surface area contributed by atoms with Crippen LogP contribution in [0.15, 0.2) is 36.8 Å². The van der Waals surface area contributed by atoms with Gasteiger partial charge in [0.15, 0.2) is 0 Å². The molecule has 0 bridgehead atoms. The van der Waals surface area contributed by atoms with Crippen LogP contribution in [0, 0.1) is 5.82 Å². The summed E-state index contributed by atoms with van der Waals surface area (Å²) in [5.74, 6) is -0.353. The van der Waals surface area contributed by atoms with Gasteiger partial charge in [-0.25, -0.2) is 9.37 Å². The number of aryl methyl sites for hydroxylation is 1. The maximum absolute atomic E-state index is 12.9. The normalized spacial score (nSPS) is 11.6. The molecular formula is C13H17FN2O. The third-order valence-corrected chi connectivity index (χ3v) is 2.30. The fraction of sp³-hybridized carbons (Fsp3) is 0.308. The van der Waals surface area contributed by atoms with Gasteiger partial charge >= 0.3 is 0 Å². The maximum Gasteiger partial charge on any atom is 0.123 e. The summed E-state index contributed by atoms with van der Waals surface area (Å²) in [7, 11) is 1.78. The van der Waals surface area contributed by atoms with Gasteiger partial charge in [-0.15, -0.1) is 0 Å². The average molecular weight is 236 g/mol. The van der Waals surface area contributed by atoms with Crippen molar-refractivity contribution in [3.05, 3.63) is 53.9 Å². The molecule has 3 nitrogen and oxygen atoms in total. The summed E-state index contributed by atoms with van der Waals surface area (Å²) >= 11 is 0. The predicted molar refractivity (Wildman–Crippen MR) is 65.0 cm³/mol. The molecule has 0 fully saturated rings. The van der Waals surface area contributed by atoms with Crippen molar-refractivity contribution in [3.8, 4) is 0 Å². The number of hydrogen-bond acceptors (Lipinski definition) is 2. The van der Waals surface area contributed by atoms with Crippen LogP contribution in [0.1, 0.15) is 31.2 Å². The Hall–Kier alpha value is -1.68. The zero-order chi connectivity index (χ0) is 12.8. The molecular weight excluding hydrogens is 219 g/mol. The summed E-state index contributed by atoms with van der Waals surface area (Å²) in [6.45, 7) is 4.00. The van der Waals surface area contributed by atoms with Crippen molar-refractivity contribution in [2.24, 2.45) is 7.05 Å². The van der Waals surface area contributed by atoms with Gasteiger partial charge in [0, 0.05) is 7.05 Å². The van der Waals surface area contributed by atoms with E-state index < -0.39 is 6.10 Å². The van der Waals surface area contributed by atoms with Gasteiger partial charge in [-0.3, -0.25) is 0 Å². The molecule has 2 rings (SSSR count). The summed E-state index contributed by atoms with van der Waals surface area (Å²) in [4.78, 5) is 3.90. The smallest absolute Gasteiger partial charge is 0.123 e. The number of nitrogens with zero attached hydrogens (tertiary/aromatic N) is 2. The third-order valence-electron chi connectivity index (χ3n) is 2.30.